The van der Waals surface area contributed by atoms with Gasteiger partial charge in [0, 0.05) is 0 Å². The molecule has 0 aliphatic carbocycles. The third kappa shape index (κ3) is 2.26. The molecule has 7 heavy (non-hydrogen) atoms. The number of methoxy groups -OCH3 is 1. The minimum Gasteiger partial charge on any atom is -0.501 e. The van der Waals surface area contributed by atoms with Crippen LogP contribution in [-0.4, -0.2) is 7.11 Å². The van der Waals surface area contributed by atoms with E-state index in [0.717, 1.165) is 5.76 Å². The molecule has 42 valence electrons. The van der Waals surface area contributed by atoms with Crippen LogP contribution in [0.2, 0.25) is 0 Å². The van der Waals surface area contributed by atoms with Gasteiger partial charge in [-0.05, 0) is 26.3 Å². The Labute approximate surface area is 45.0 Å². The number of rotatable bonds is 1. The first-order valence-corrected chi connectivity index (χ1v) is 2.36. The average molecular weight is 100 g/mol. The standard InChI is InChI=1S/C6H12O/c1-5(2)6(3)7-4/h1-4H3. The normalized spacial score (nSPS) is 8.00. The maximum absolute atomic E-state index is 4.89. The number of ether oxygens (including phenoxy) is 1. The van der Waals surface area contributed by atoms with Gasteiger partial charge < -0.3 is 4.74 Å². The molecule has 0 saturated heterocycles. The number of hydrogen-bond acceptors (Lipinski definition) is 1. The third-order valence-corrected chi connectivity index (χ3v) is 1.01. The molecule has 0 N–H and O–H groups in total. The van der Waals surface area contributed by atoms with Crippen LogP contribution in [0.15, 0.2) is 11.3 Å². The van der Waals surface area contributed by atoms with Crippen molar-refractivity contribution in [1.29, 1.82) is 0 Å². The van der Waals surface area contributed by atoms with E-state index in [1.165, 1.54) is 5.57 Å². The Balaban J connectivity index is 3.72. The molecule has 0 heterocycles. The smallest absolute Gasteiger partial charge is 0.0910 e. The molecule has 0 spiro atoms. The number of allylic oxidation sites excluding steroid dienone is 2. The molecule has 0 aromatic heterocycles. The molecule has 1 heteroatoms. The van der Waals surface area contributed by atoms with Crippen molar-refractivity contribution in [3.05, 3.63) is 11.3 Å². The van der Waals surface area contributed by atoms with E-state index in [1.807, 2.05) is 20.8 Å². The van der Waals surface area contributed by atoms with Crippen LogP contribution in [0, 0.1) is 0 Å². The zero-order chi connectivity index (χ0) is 5.86. The van der Waals surface area contributed by atoms with Crippen molar-refractivity contribution in [1.82, 2.24) is 0 Å². The highest BCUT2D eigenvalue weighted by Crippen LogP contribution is 1.99. The van der Waals surface area contributed by atoms with E-state index in [-0.39, 0.29) is 0 Å². The van der Waals surface area contributed by atoms with E-state index >= 15 is 0 Å². The molecule has 0 aromatic rings. The van der Waals surface area contributed by atoms with Crippen molar-refractivity contribution in [3.8, 4) is 0 Å². The SMILES string of the molecule is COC(C)=C(C)C. The van der Waals surface area contributed by atoms with Gasteiger partial charge in [-0.2, -0.15) is 0 Å². The van der Waals surface area contributed by atoms with Crippen molar-refractivity contribution in [3.63, 3.8) is 0 Å². The molecule has 0 radical (unpaired) electrons. The van der Waals surface area contributed by atoms with E-state index < -0.39 is 0 Å². The van der Waals surface area contributed by atoms with Gasteiger partial charge in [-0.15, -0.1) is 0 Å². The van der Waals surface area contributed by atoms with Crippen LogP contribution in [0.4, 0.5) is 0 Å². The fourth-order valence-corrected chi connectivity index (χ4v) is 0.204. The molecule has 0 saturated carbocycles. The summed E-state index contributed by atoms with van der Waals surface area (Å²) in [6, 6.07) is 0. The summed E-state index contributed by atoms with van der Waals surface area (Å²) >= 11 is 0. The topological polar surface area (TPSA) is 9.23 Å². The summed E-state index contributed by atoms with van der Waals surface area (Å²) < 4.78 is 4.89. The molecule has 0 amide bonds. The first-order valence-electron chi connectivity index (χ1n) is 2.36. The van der Waals surface area contributed by atoms with Crippen molar-refractivity contribution in [2.24, 2.45) is 0 Å². The van der Waals surface area contributed by atoms with Crippen LogP contribution >= 0.6 is 0 Å². The average Bonchev–Trinajstić information content (AvgIpc) is 1.65. The molecule has 0 unspecified atom stereocenters. The lowest BCUT2D eigenvalue weighted by molar-refractivity contribution is 0.289. The van der Waals surface area contributed by atoms with E-state index in [2.05, 4.69) is 0 Å². The van der Waals surface area contributed by atoms with Gasteiger partial charge in [0.05, 0.1) is 12.9 Å². The highest BCUT2D eigenvalue weighted by molar-refractivity contribution is 4.98. The van der Waals surface area contributed by atoms with Crippen LogP contribution in [0.1, 0.15) is 20.8 Å². The van der Waals surface area contributed by atoms with E-state index in [0.29, 0.717) is 0 Å². The van der Waals surface area contributed by atoms with Crippen molar-refractivity contribution >= 4 is 0 Å². The van der Waals surface area contributed by atoms with Crippen molar-refractivity contribution in [2.75, 3.05) is 7.11 Å². The zero-order valence-corrected chi connectivity index (χ0v) is 5.41. The highest BCUT2D eigenvalue weighted by Gasteiger charge is 1.83. The number of hydrogen-bond donors (Lipinski definition) is 0. The highest BCUT2D eigenvalue weighted by atomic mass is 16.5. The molecule has 1 nitrogen and oxygen atoms in total. The van der Waals surface area contributed by atoms with Gasteiger partial charge in [-0.3, -0.25) is 0 Å². The minimum atomic E-state index is 1.01. The predicted octanol–water partition coefficient (Wildman–Crippen LogP) is 1.95. The molecular formula is C6H12O. The van der Waals surface area contributed by atoms with E-state index in [4.69, 9.17) is 4.74 Å². The summed E-state index contributed by atoms with van der Waals surface area (Å²) in [5, 5.41) is 0. The van der Waals surface area contributed by atoms with Crippen molar-refractivity contribution < 1.29 is 4.74 Å². The van der Waals surface area contributed by atoms with Crippen LogP contribution in [0.5, 0.6) is 0 Å². The fraction of sp³-hybridized carbons (Fsp3) is 0.667. The van der Waals surface area contributed by atoms with Crippen LogP contribution in [0.25, 0.3) is 0 Å². The molecule has 0 fully saturated rings. The monoisotopic (exact) mass is 100 g/mol. The summed E-state index contributed by atoms with van der Waals surface area (Å²) in [5.41, 5.74) is 1.24. The van der Waals surface area contributed by atoms with Gasteiger partial charge in [0.25, 0.3) is 0 Å². The molecule has 0 bridgehead atoms. The quantitative estimate of drug-likeness (QED) is 0.457. The minimum absolute atomic E-state index is 1.01. The van der Waals surface area contributed by atoms with Crippen LogP contribution < -0.4 is 0 Å². The first-order chi connectivity index (χ1) is 3.18. The summed E-state index contributed by atoms with van der Waals surface area (Å²) in [4.78, 5) is 0. The molecular weight excluding hydrogens is 88.1 g/mol. The Kier molecular flexibility index (Phi) is 2.49. The second-order valence-corrected chi connectivity index (χ2v) is 1.76. The third-order valence-electron chi connectivity index (χ3n) is 1.01. The Morgan fingerprint density at radius 2 is 1.57 bits per heavy atom. The Morgan fingerprint density at radius 3 is 1.57 bits per heavy atom. The molecule has 0 aliphatic rings. The lowest BCUT2D eigenvalue weighted by Crippen LogP contribution is -1.80. The van der Waals surface area contributed by atoms with Gasteiger partial charge in [-0.1, -0.05) is 0 Å². The summed E-state index contributed by atoms with van der Waals surface area (Å²) in [6.45, 7) is 6.01. The van der Waals surface area contributed by atoms with Gasteiger partial charge in [0.1, 0.15) is 0 Å². The lowest BCUT2D eigenvalue weighted by Gasteiger charge is -1.98. The maximum Gasteiger partial charge on any atom is 0.0910 e. The Bertz CT molecular complexity index is 78.2. The van der Waals surface area contributed by atoms with Gasteiger partial charge in [0.2, 0.25) is 0 Å². The second-order valence-electron chi connectivity index (χ2n) is 1.76. The van der Waals surface area contributed by atoms with Gasteiger partial charge >= 0.3 is 0 Å². The van der Waals surface area contributed by atoms with Crippen LogP contribution in [0.3, 0.4) is 0 Å². The molecule has 0 rings (SSSR count). The van der Waals surface area contributed by atoms with Crippen LogP contribution in [-0.2, 0) is 4.74 Å². The Morgan fingerprint density at radius 1 is 1.14 bits per heavy atom. The first kappa shape index (κ1) is 6.54. The van der Waals surface area contributed by atoms with Gasteiger partial charge in [0.15, 0.2) is 0 Å². The largest absolute Gasteiger partial charge is 0.501 e. The summed E-state index contributed by atoms with van der Waals surface area (Å²) in [7, 11) is 1.68. The molecule has 0 atom stereocenters. The van der Waals surface area contributed by atoms with Gasteiger partial charge in [-0.25, -0.2) is 0 Å². The summed E-state index contributed by atoms with van der Waals surface area (Å²) in [5.74, 6) is 1.01. The van der Waals surface area contributed by atoms with Crippen molar-refractivity contribution in [2.45, 2.75) is 20.8 Å². The molecule has 0 aliphatic heterocycles. The lowest BCUT2D eigenvalue weighted by atomic mass is 10.3. The van der Waals surface area contributed by atoms with E-state index in [9.17, 15) is 0 Å². The maximum atomic E-state index is 4.89. The second kappa shape index (κ2) is 2.67. The molecule has 0 aromatic carbocycles. The zero-order valence-electron chi connectivity index (χ0n) is 5.41. The Hall–Kier alpha value is -0.460. The van der Waals surface area contributed by atoms with E-state index in [1.54, 1.807) is 7.11 Å². The predicted molar refractivity (Wildman–Crippen MR) is 31.1 cm³/mol. The summed E-state index contributed by atoms with van der Waals surface area (Å²) in [6.07, 6.45) is 0. The fourth-order valence-electron chi connectivity index (χ4n) is 0.204.